The van der Waals surface area contributed by atoms with Crippen molar-refractivity contribution in [2.45, 2.75) is 18.4 Å². The molecule has 0 aliphatic carbocycles. The molecule has 0 bridgehead atoms. The van der Waals surface area contributed by atoms with Gasteiger partial charge in [-0.1, -0.05) is 23.8 Å². The van der Waals surface area contributed by atoms with Gasteiger partial charge in [-0.3, -0.25) is 4.79 Å². The number of fused-ring (bicyclic) bond motifs is 1. The Kier molecular flexibility index (Phi) is 6.11. The molecule has 9 heteroatoms. The number of sulfonamides is 1. The number of benzene rings is 2. The number of hydrogen-bond acceptors (Lipinski definition) is 5. The van der Waals surface area contributed by atoms with Gasteiger partial charge >= 0.3 is 0 Å². The van der Waals surface area contributed by atoms with Gasteiger partial charge in [0.25, 0.3) is 5.91 Å². The Morgan fingerprint density at radius 2 is 1.77 bits per heavy atom. The summed E-state index contributed by atoms with van der Waals surface area (Å²) in [5.74, 6) is -0.603. The Hall–Kier alpha value is -2.33. The molecule has 0 atom stereocenters. The lowest BCUT2D eigenvalue weighted by molar-refractivity contribution is 0.0699. The topological polar surface area (TPSA) is 66.9 Å². The third-order valence-corrected chi connectivity index (χ3v) is 8.53. The van der Waals surface area contributed by atoms with Gasteiger partial charge in [0.15, 0.2) is 0 Å². The van der Waals surface area contributed by atoms with E-state index in [4.69, 9.17) is 4.74 Å². The van der Waals surface area contributed by atoms with Crippen molar-refractivity contribution in [3.63, 3.8) is 0 Å². The van der Waals surface area contributed by atoms with E-state index < -0.39 is 10.0 Å². The van der Waals surface area contributed by atoms with Gasteiger partial charge in [0.2, 0.25) is 10.0 Å². The highest BCUT2D eigenvalue weighted by molar-refractivity contribution is 7.89. The van der Waals surface area contributed by atoms with E-state index in [-0.39, 0.29) is 49.4 Å². The Labute approximate surface area is 184 Å². The maximum atomic E-state index is 14.4. The highest BCUT2D eigenvalue weighted by Crippen LogP contribution is 2.35. The number of nitrogens with zero attached hydrogens (tertiary/aromatic N) is 2. The SMILES string of the molecule is COCc1c(C(=O)N2CCN(S(=O)(=O)c3ccc(C)cc3)CC2)sc2cccc(F)c12. The fourth-order valence-electron chi connectivity index (χ4n) is 3.76. The number of amides is 1. The number of carbonyl (C=O) groups is 1. The Balaban J connectivity index is 1.54. The summed E-state index contributed by atoms with van der Waals surface area (Å²) in [6.45, 7) is 2.99. The minimum atomic E-state index is -3.61. The Morgan fingerprint density at radius 1 is 1.10 bits per heavy atom. The third kappa shape index (κ3) is 4.10. The second-order valence-corrected chi connectivity index (χ2v) is 10.5. The van der Waals surface area contributed by atoms with E-state index >= 15 is 0 Å². The summed E-state index contributed by atoms with van der Waals surface area (Å²) < 4.78 is 47.5. The van der Waals surface area contributed by atoms with E-state index in [2.05, 4.69) is 0 Å². The number of carbonyl (C=O) groups excluding carboxylic acids is 1. The lowest BCUT2D eigenvalue weighted by atomic mass is 10.1. The van der Waals surface area contributed by atoms with Gasteiger partial charge in [0.1, 0.15) is 5.82 Å². The highest BCUT2D eigenvalue weighted by Gasteiger charge is 2.32. The number of piperazine rings is 1. The van der Waals surface area contributed by atoms with Crippen LogP contribution in [0.4, 0.5) is 4.39 Å². The number of thiophene rings is 1. The molecule has 3 aromatic rings. The van der Waals surface area contributed by atoms with Crippen LogP contribution in [0, 0.1) is 12.7 Å². The van der Waals surface area contributed by atoms with Crippen LogP contribution in [0.2, 0.25) is 0 Å². The van der Waals surface area contributed by atoms with Gasteiger partial charge in [-0.25, -0.2) is 12.8 Å². The predicted octanol–water partition coefficient (Wildman–Crippen LogP) is 3.64. The fraction of sp³-hybridized carbons (Fsp3) is 0.318. The Morgan fingerprint density at radius 3 is 2.42 bits per heavy atom. The van der Waals surface area contributed by atoms with E-state index in [0.29, 0.717) is 20.5 Å². The largest absolute Gasteiger partial charge is 0.380 e. The van der Waals surface area contributed by atoms with Crippen molar-refractivity contribution in [3.05, 3.63) is 64.3 Å². The molecule has 2 heterocycles. The number of ether oxygens (including phenoxy) is 1. The van der Waals surface area contributed by atoms with Crippen molar-refractivity contribution in [2.75, 3.05) is 33.3 Å². The van der Waals surface area contributed by atoms with E-state index in [1.54, 1.807) is 41.3 Å². The first-order valence-electron chi connectivity index (χ1n) is 9.88. The second-order valence-electron chi connectivity index (χ2n) is 7.47. The number of halogens is 1. The second kappa shape index (κ2) is 8.66. The molecule has 1 amide bonds. The molecule has 31 heavy (non-hydrogen) atoms. The van der Waals surface area contributed by atoms with Crippen LogP contribution in [0.1, 0.15) is 20.8 Å². The zero-order valence-electron chi connectivity index (χ0n) is 17.3. The molecule has 2 aromatic carbocycles. The number of rotatable bonds is 5. The number of aryl methyl sites for hydroxylation is 1. The maximum Gasteiger partial charge on any atom is 0.264 e. The minimum Gasteiger partial charge on any atom is -0.380 e. The predicted molar refractivity (Wildman–Crippen MR) is 118 cm³/mol. The summed E-state index contributed by atoms with van der Waals surface area (Å²) in [5.41, 5.74) is 1.53. The first-order chi connectivity index (χ1) is 14.8. The molecule has 1 aromatic heterocycles. The molecule has 0 saturated carbocycles. The smallest absolute Gasteiger partial charge is 0.264 e. The van der Waals surface area contributed by atoms with Crippen molar-refractivity contribution in [3.8, 4) is 0 Å². The van der Waals surface area contributed by atoms with Gasteiger partial charge in [-0.05, 0) is 31.2 Å². The van der Waals surface area contributed by atoms with Crippen LogP contribution in [0.5, 0.6) is 0 Å². The lowest BCUT2D eigenvalue weighted by Crippen LogP contribution is -2.50. The van der Waals surface area contributed by atoms with Gasteiger partial charge in [-0.15, -0.1) is 11.3 Å². The van der Waals surface area contributed by atoms with Crippen LogP contribution in [0.15, 0.2) is 47.4 Å². The van der Waals surface area contributed by atoms with Crippen LogP contribution < -0.4 is 0 Å². The zero-order chi connectivity index (χ0) is 22.2. The van der Waals surface area contributed by atoms with E-state index in [0.717, 1.165) is 5.56 Å². The van der Waals surface area contributed by atoms with Gasteiger partial charge in [0, 0.05) is 48.9 Å². The molecule has 1 saturated heterocycles. The Bertz CT molecular complexity index is 1210. The molecule has 1 fully saturated rings. The monoisotopic (exact) mass is 462 g/mol. The summed E-state index contributed by atoms with van der Waals surface area (Å²) in [5, 5.41) is 0.415. The first kappa shape index (κ1) is 21.9. The first-order valence-corrected chi connectivity index (χ1v) is 12.1. The van der Waals surface area contributed by atoms with E-state index in [9.17, 15) is 17.6 Å². The van der Waals surface area contributed by atoms with Gasteiger partial charge in [-0.2, -0.15) is 4.31 Å². The summed E-state index contributed by atoms with van der Waals surface area (Å²) in [6, 6.07) is 11.5. The van der Waals surface area contributed by atoms with Gasteiger partial charge < -0.3 is 9.64 Å². The average Bonchev–Trinajstić information content (AvgIpc) is 3.13. The van der Waals surface area contributed by atoms with Crippen molar-refractivity contribution < 1.29 is 22.3 Å². The molecular formula is C22H23FN2O4S2. The van der Waals surface area contributed by atoms with E-state index in [1.165, 1.54) is 28.8 Å². The highest BCUT2D eigenvalue weighted by atomic mass is 32.2. The summed E-state index contributed by atoms with van der Waals surface area (Å²) >= 11 is 1.24. The zero-order valence-corrected chi connectivity index (χ0v) is 18.9. The molecule has 6 nitrogen and oxygen atoms in total. The van der Waals surface area contributed by atoms with Crippen LogP contribution in [-0.4, -0.2) is 56.8 Å². The van der Waals surface area contributed by atoms with Crippen molar-refractivity contribution >= 4 is 37.4 Å². The molecule has 0 unspecified atom stereocenters. The molecule has 4 rings (SSSR count). The summed E-state index contributed by atoms with van der Waals surface area (Å²) in [7, 11) is -2.10. The third-order valence-electron chi connectivity index (χ3n) is 5.43. The number of methoxy groups -OCH3 is 1. The molecule has 164 valence electrons. The molecule has 0 N–H and O–H groups in total. The number of hydrogen-bond donors (Lipinski definition) is 0. The van der Waals surface area contributed by atoms with Crippen LogP contribution >= 0.6 is 11.3 Å². The molecule has 1 aliphatic heterocycles. The summed E-state index contributed by atoms with van der Waals surface area (Å²) in [4.78, 5) is 15.6. The van der Waals surface area contributed by atoms with Crippen LogP contribution in [0.3, 0.4) is 0 Å². The minimum absolute atomic E-state index is 0.129. The fourth-order valence-corrected chi connectivity index (χ4v) is 6.37. The van der Waals surface area contributed by atoms with Crippen LogP contribution in [0.25, 0.3) is 10.1 Å². The van der Waals surface area contributed by atoms with Crippen molar-refractivity contribution in [1.82, 2.24) is 9.21 Å². The normalized spacial score (nSPS) is 15.5. The standard InChI is InChI=1S/C22H23FN2O4S2/c1-15-6-8-16(9-7-15)31(27,28)25-12-10-24(11-13-25)22(26)21-17(14-29-2)20-18(23)4-3-5-19(20)30-21/h3-9H,10-14H2,1-2H3. The van der Waals surface area contributed by atoms with Gasteiger partial charge in [0.05, 0.1) is 16.4 Å². The van der Waals surface area contributed by atoms with Crippen molar-refractivity contribution in [2.24, 2.45) is 0 Å². The summed E-state index contributed by atoms with van der Waals surface area (Å²) in [6.07, 6.45) is 0. The molecule has 0 spiro atoms. The quantitative estimate of drug-likeness (QED) is 0.581. The van der Waals surface area contributed by atoms with Crippen LogP contribution in [-0.2, 0) is 21.4 Å². The molecular weight excluding hydrogens is 439 g/mol. The maximum absolute atomic E-state index is 14.4. The average molecular weight is 463 g/mol. The lowest BCUT2D eigenvalue weighted by Gasteiger charge is -2.34. The molecule has 1 aliphatic rings. The van der Waals surface area contributed by atoms with E-state index in [1.807, 2.05) is 6.92 Å². The van der Waals surface area contributed by atoms with Crippen molar-refractivity contribution in [1.29, 1.82) is 0 Å². The molecule has 0 radical (unpaired) electrons.